The molecule has 0 fully saturated rings. The molecule has 0 N–H and O–H groups in total. The summed E-state index contributed by atoms with van der Waals surface area (Å²) in [5.41, 5.74) is 1.98. The second-order valence-corrected chi connectivity index (χ2v) is 8.17. The molecule has 0 radical (unpaired) electrons. The minimum Gasteiger partial charge on any atom is -0.357 e. The summed E-state index contributed by atoms with van der Waals surface area (Å²) in [5.74, 6) is 1.53. The highest BCUT2D eigenvalue weighted by Crippen LogP contribution is 2.35. The Bertz CT molecular complexity index is 941. The van der Waals surface area contributed by atoms with Gasteiger partial charge < -0.3 is 9.80 Å². The second-order valence-electron chi connectivity index (χ2n) is 6.97. The van der Waals surface area contributed by atoms with Crippen molar-refractivity contribution in [1.82, 2.24) is 19.9 Å². The van der Waals surface area contributed by atoms with E-state index >= 15 is 0 Å². The Hall–Kier alpha value is -2.54. The summed E-state index contributed by atoms with van der Waals surface area (Å²) in [4.78, 5) is 31.6. The molecule has 3 aromatic rings. The van der Waals surface area contributed by atoms with Crippen LogP contribution in [0.1, 0.15) is 30.2 Å². The molecule has 0 unspecified atom stereocenters. The van der Waals surface area contributed by atoms with Crippen molar-refractivity contribution in [3.8, 4) is 11.5 Å². The zero-order valence-electron chi connectivity index (χ0n) is 17.0. The van der Waals surface area contributed by atoms with Crippen LogP contribution in [0, 0.1) is 13.8 Å². The molecule has 3 rings (SSSR count). The third kappa shape index (κ3) is 4.30. The lowest BCUT2D eigenvalue weighted by atomic mass is 10.2. The maximum Gasteiger partial charge on any atom is 0.209 e. The van der Waals surface area contributed by atoms with Crippen LogP contribution >= 0.6 is 11.3 Å². The van der Waals surface area contributed by atoms with E-state index in [1.807, 2.05) is 30.1 Å². The highest BCUT2D eigenvalue weighted by atomic mass is 32.1. The maximum atomic E-state index is 11.3. The van der Waals surface area contributed by atoms with Crippen molar-refractivity contribution in [1.29, 1.82) is 0 Å². The molecule has 1 amide bonds. The number of hydrogen-bond acceptors (Lipinski definition) is 6. The van der Waals surface area contributed by atoms with Crippen molar-refractivity contribution < 1.29 is 4.79 Å². The first-order valence-electron chi connectivity index (χ1n) is 9.64. The predicted molar refractivity (Wildman–Crippen MR) is 116 cm³/mol. The summed E-state index contributed by atoms with van der Waals surface area (Å²) in [7, 11) is 2.03. The van der Waals surface area contributed by atoms with Crippen LogP contribution in [0.25, 0.3) is 21.7 Å². The van der Waals surface area contributed by atoms with E-state index in [4.69, 9.17) is 9.97 Å². The maximum absolute atomic E-state index is 11.3. The van der Waals surface area contributed by atoms with Crippen molar-refractivity contribution in [2.45, 2.75) is 33.6 Å². The normalized spacial score (nSPS) is 11.0. The van der Waals surface area contributed by atoms with Crippen LogP contribution in [0.4, 0.5) is 5.82 Å². The molecule has 0 spiro atoms. The van der Waals surface area contributed by atoms with E-state index in [-0.39, 0.29) is 0 Å². The monoisotopic (exact) mass is 397 g/mol. The first-order chi connectivity index (χ1) is 13.5. The number of anilines is 1. The van der Waals surface area contributed by atoms with Gasteiger partial charge in [0.05, 0.1) is 5.39 Å². The molecule has 0 aliphatic heterocycles. The molecular formula is C21H27N5OS. The Morgan fingerprint density at radius 2 is 1.96 bits per heavy atom. The van der Waals surface area contributed by atoms with Crippen LogP contribution in [0.3, 0.4) is 0 Å². The number of pyridine rings is 1. The van der Waals surface area contributed by atoms with Gasteiger partial charge in [0, 0.05) is 37.8 Å². The third-order valence-corrected chi connectivity index (χ3v) is 6.04. The van der Waals surface area contributed by atoms with E-state index in [1.54, 1.807) is 17.5 Å². The van der Waals surface area contributed by atoms with Gasteiger partial charge in [-0.2, -0.15) is 0 Å². The molecule has 0 bridgehead atoms. The van der Waals surface area contributed by atoms with Crippen molar-refractivity contribution in [3.05, 3.63) is 34.8 Å². The van der Waals surface area contributed by atoms with Crippen LogP contribution < -0.4 is 4.90 Å². The van der Waals surface area contributed by atoms with E-state index in [2.05, 4.69) is 30.7 Å². The van der Waals surface area contributed by atoms with Gasteiger partial charge in [0.15, 0.2) is 5.82 Å². The molecule has 7 heteroatoms. The van der Waals surface area contributed by atoms with Crippen LogP contribution in [0.15, 0.2) is 24.4 Å². The number of likely N-dealkylation sites (N-methyl/N-ethyl adjacent to an activating group) is 1. The zero-order chi connectivity index (χ0) is 20.1. The number of aromatic nitrogens is 3. The SMILES string of the molecule is CCCCN(C=O)CCN(C)c1nc(-c2ccccn2)nc2sc(C)c(C)c12. The number of thiophene rings is 1. The summed E-state index contributed by atoms with van der Waals surface area (Å²) in [6.45, 7) is 8.55. The minimum absolute atomic E-state index is 0.634. The lowest BCUT2D eigenvalue weighted by Crippen LogP contribution is -2.33. The Balaban J connectivity index is 1.95. The fourth-order valence-corrected chi connectivity index (χ4v) is 4.10. The summed E-state index contributed by atoms with van der Waals surface area (Å²) >= 11 is 1.69. The van der Waals surface area contributed by atoms with Gasteiger partial charge in [-0.1, -0.05) is 19.4 Å². The minimum atomic E-state index is 0.634. The molecular weight excluding hydrogens is 370 g/mol. The second kappa shape index (κ2) is 9.10. The fourth-order valence-electron chi connectivity index (χ4n) is 3.08. The topological polar surface area (TPSA) is 62.2 Å². The number of carbonyl (C=O) groups excluding carboxylic acids is 1. The summed E-state index contributed by atoms with van der Waals surface area (Å²) < 4.78 is 0. The molecule has 28 heavy (non-hydrogen) atoms. The first-order valence-corrected chi connectivity index (χ1v) is 10.5. The number of fused-ring (bicyclic) bond motifs is 1. The summed E-state index contributed by atoms with van der Waals surface area (Å²) in [5, 5.41) is 1.09. The molecule has 0 saturated heterocycles. The van der Waals surface area contributed by atoms with Gasteiger partial charge in [0.25, 0.3) is 0 Å². The number of unbranched alkanes of at least 4 members (excludes halogenated alkanes) is 1. The number of rotatable bonds is 9. The quantitative estimate of drug-likeness (QED) is 0.510. The molecule has 0 atom stereocenters. The highest BCUT2D eigenvalue weighted by Gasteiger charge is 2.19. The van der Waals surface area contributed by atoms with Crippen LogP contribution in [-0.4, -0.2) is 52.9 Å². The highest BCUT2D eigenvalue weighted by molar-refractivity contribution is 7.18. The summed E-state index contributed by atoms with van der Waals surface area (Å²) in [6.07, 6.45) is 4.80. The van der Waals surface area contributed by atoms with E-state index in [0.717, 1.165) is 47.5 Å². The van der Waals surface area contributed by atoms with Crippen LogP contribution in [-0.2, 0) is 4.79 Å². The van der Waals surface area contributed by atoms with Crippen molar-refractivity contribution in [3.63, 3.8) is 0 Å². The molecule has 148 valence electrons. The smallest absolute Gasteiger partial charge is 0.209 e. The van der Waals surface area contributed by atoms with Crippen molar-refractivity contribution in [2.24, 2.45) is 0 Å². The lowest BCUT2D eigenvalue weighted by molar-refractivity contribution is -0.118. The number of aryl methyl sites for hydroxylation is 2. The first kappa shape index (κ1) is 20.2. The van der Waals surface area contributed by atoms with Gasteiger partial charge in [0.2, 0.25) is 6.41 Å². The largest absolute Gasteiger partial charge is 0.357 e. The zero-order valence-corrected chi connectivity index (χ0v) is 17.8. The fraction of sp³-hybridized carbons (Fsp3) is 0.429. The standard InChI is InChI=1S/C21H27N5OS/c1-5-6-11-26(14-27)13-12-25(4)20-18-15(2)16(3)28-21(18)24-19(23-20)17-9-7-8-10-22-17/h7-10,14H,5-6,11-13H2,1-4H3. The van der Waals surface area contributed by atoms with Crippen molar-refractivity contribution in [2.75, 3.05) is 31.6 Å². The Morgan fingerprint density at radius 1 is 1.14 bits per heavy atom. The Morgan fingerprint density at radius 3 is 2.64 bits per heavy atom. The lowest BCUT2D eigenvalue weighted by Gasteiger charge is -2.24. The van der Waals surface area contributed by atoms with E-state index in [9.17, 15) is 4.79 Å². The molecule has 0 aliphatic rings. The Kier molecular flexibility index (Phi) is 6.57. The van der Waals surface area contributed by atoms with Gasteiger partial charge in [-0.25, -0.2) is 9.97 Å². The van der Waals surface area contributed by atoms with Crippen molar-refractivity contribution >= 4 is 33.8 Å². The van der Waals surface area contributed by atoms with Gasteiger partial charge >= 0.3 is 0 Å². The third-order valence-electron chi connectivity index (χ3n) is 4.94. The predicted octanol–water partition coefficient (Wildman–Crippen LogP) is 4.06. The molecule has 6 nitrogen and oxygen atoms in total. The molecule has 0 aromatic carbocycles. The van der Waals surface area contributed by atoms with Gasteiger partial charge in [-0.3, -0.25) is 9.78 Å². The molecule has 0 saturated carbocycles. The number of nitrogens with zero attached hydrogens (tertiary/aromatic N) is 5. The van der Waals surface area contributed by atoms with Gasteiger partial charge in [-0.15, -0.1) is 11.3 Å². The number of hydrogen-bond donors (Lipinski definition) is 0. The number of carbonyl (C=O) groups is 1. The van der Waals surface area contributed by atoms with E-state index in [1.165, 1.54) is 10.4 Å². The molecule has 3 aromatic heterocycles. The van der Waals surface area contributed by atoms with Gasteiger partial charge in [-0.05, 0) is 38.0 Å². The average molecular weight is 398 g/mol. The molecule has 0 aliphatic carbocycles. The van der Waals surface area contributed by atoms with E-state index < -0.39 is 0 Å². The number of amides is 1. The van der Waals surface area contributed by atoms with Gasteiger partial charge in [0.1, 0.15) is 16.3 Å². The van der Waals surface area contributed by atoms with E-state index in [0.29, 0.717) is 18.9 Å². The summed E-state index contributed by atoms with van der Waals surface area (Å²) in [6, 6.07) is 5.76. The van der Waals surface area contributed by atoms with Crippen LogP contribution in [0.2, 0.25) is 0 Å². The Labute approximate surface area is 170 Å². The van der Waals surface area contributed by atoms with Crippen LogP contribution in [0.5, 0.6) is 0 Å². The average Bonchev–Trinajstić information content (AvgIpc) is 3.01. The molecule has 3 heterocycles.